The Labute approximate surface area is 371 Å². The first kappa shape index (κ1) is 35.0. The van der Waals surface area contributed by atoms with E-state index in [-0.39, 0.29) is 0 Å². The third kappa shape index (κ3) is 4.29. The summed E-state index contributed by atoms with van der Waals surface area (Å²) in [5.41, 5.74) is 16.5. The quantitative estimate of drug-likeness (QED) is 0.123. The van der Waals surface area contributed by atoms with Gasteiger partial charge in [0, 0.05) is 0 Å². The van der Waals surface area contributed by atoms with Crippen LogP contribution in [0.1, 0.15) is 50.7 Å². The molecule has 0 heterocycles. The Kier molecular flexibility index (Phi) is 6.63. The molecule has 2 aliphatic rings. The molecule has 0 aliphatic heterocycles. The van der Waals surface area contributed by atoms with Crippen molar-refractivity contribution in [1.82, 2.24) is 0 Å². The summed E-state index contributed by atoms with van der Waals surface area (Å²) in [5, 5.41) is 24.2. The van der Waals surface area contributed by atoms with E-state index in [9.17, 15) is 0 Å². The second-order valence-corrected chi connectivity index (χ2v) is 19.4. The number of hydrogen-bond donors (Lipinski definition) is 0. The first-order chi connectivity index (χ1) is 31.4. The van der Waals surface area contributed by atoms with Crippen LogP contribution < -0.4 is 0 Å². The molecule has 0 bridgehead atoms. The Morgan fingerprint density at radius 1 is 0.250 bits per heavy atom. The van der Waals surface area contributed by atoms with Gasteiger partial charge in [-0.3, -0.25) is 0 Å². The lowest BCUT2D eigenvalue weighted by Crippen LogP contribution is -2.02. The summed E-state index contributed by atoms with van der Waals surface area (Å²) in [4.78, 5) is 0. The molecule has 0 amide bonds. The third-order valence-electron chi connectivity index (χ3n) is 15.5. The lowest BCUT2D eigenvalue weighted by molar-refractivity contribution is 0.864. The molecule has 0 atom stereocenters. The van der Waals surface area contributed by atoms with E-state index in [4.69, 9.17) is 0 Å². The fraction of sp³-hybridized carbons (Fsp3) is 0.0938. The van der Waals surface area contributed by atoms with Gasteiger partial charge in [0.1, 0.15) is 0 Å². The monoisotopic (exact) mass is 810 g/mol. The molecule has 64 heavy (non-hydrogen) atoms. The van der Waals surface area contributed by atoms with Crippen molar-refractivity contribution >= 4 is 97.0 Å². The Balaban J connectivity index is 1.08. The van der Waals surface area contributed by atoms with Crippen molar-refractivity contribution in [1.29, 1.82) is 0 Å². The summed E-state index contributed by atoms with van der Waals surface area (Å²) in [6.07, 6.45) is 0. The van der Waals surface area contributed by atoms with Gasteiger partial charge in [-0.25, -0.2) is 0 Å². The molecule has 15 rings (SSSR count). The lowest BCUT2D eigenvalue weighted by Gasteiger charge is -2.25. The van der Waals surface area contributed by atoms with Crippen LogP contribution in [0.15, 0.2) is 170 Å². The van der Waals surface area contributed by atoms with Crippen molar-refractivity contribution in [2.45, 2.75) is 39.5 Å². The normalized spacial score (nSPS) is 13.0. The Morgan fingerprint density at radius 2 is 0.766 bits per heavy atom. The molecule has 0 saturated heterocycles. The summed E-state index contributed by atoms with van der Waals surface area (Å²) < 4.78 is 0. The molecule has 0 aromatic heterocycles. The predicted molar refractivity (Wildman–Crippen MR) is 278 cm³/mol. The minimum absolute atomic E-state index is 0.314. The first-order valence-corrected chi connectivity index (χ1v) is 23.1. The average molecular weight is 811 g/mol. The highest BCUT2D eigenvalue weighted by Gasteiger charge is 2.33. The van der Waals surface area contributed by atoms with Crippen LogP contribution in [0.5, 0.6) is 0 Å². The molecule has 0 N–H and O–H groups in total. The smallest absolute Gasteiger partial charge is 0.00135 e. The van der Waals surface area contributed by atoms with Gasteiger partial charge in [-0.05, 0) is 212 Å². The van der Waals surface area contributed by atoms with Crippen LogP contribution in [0.2, 0.25) is 0 Å². The second kappa shape index (κ2) is 12.1. The summed E-state index contributed by atoms with van der Waals surface area (Å²) in [7, 11) is 0. The van der Waals surface area contributed by atoms with Gasteiger partial charge in [0.15, 0.2) is 0 Å². The number of rotatable bonds is 3. The molecule has 0 nitrogen and oxygen atoms in total. The fourth-order valence-corrected chi connectivity index (χ4v) is 13.0. The molecule has 0 radical (unpaired) electrons. The zero-order valence-corrected chi connectivity index (χ0v) is 36.3. The SMILES string of the molecule is CC(C)c1c2c(c(C(C)C)c3cc4c5cc6ccccc6cc5c5cc(-c6ccc7c8c(cccc68)-c6ccccc6-7)ccc5c4cc13)-c1cc3cccc4ccc5ccc-2c1c5c43. The molecule has 13 aromatic rings. The number of hydrogen-bond acceptors (Lipinski definition) is 0. The van der Waals surface area contributed by atoms with Crippen LogP contribution in [0.3, 0.4) is 0 Å². The first-order valence-electron chi connectivity index (χ1n) is 23.1. The maximum atomic E-state index is 2.61. The highest BCUT2D eigenvalue weighted by atomic mass is 14.4. The lowest BCUT2D eigenvalue weighted by atomic mass is 9.79. The molecule has 0 heteroatoms. The molecule has 0 unspecified atom stereocenters. The Hall–Kier alpha value is -7.54. The van der Waals surface area contributed by atoms with Gasteiger partial charge >= 0.3 is 0 Å². The average Bonchev–Trinajstić information content (AvgIpc) is 3.83. The molecule has 0 saturated carbocycles. The number of fused-ring (bicyclic) bond motifs is 14. The minimum Gasteiger partial charge on any atom is -0.0616 e. The molecule has 0 fully saturated rings. The van der Waals surface area contributed by atoms with Crippen molar-refractivity contribution in [2.24, 2.45) is 0 Å². The van der Waals surface area contributed by atoms with E-state index in [1.165, 1.54) is 164 Å². The van der Waals surface area contributed by atoms with Crippen LogP contribution in [0.4, 0.5) is 0 Å². The van der Waals surface area contributed by atoms with E-state index in [0.29, 0.717) is 11.8 Å². The largest absolute Gasteiger partial charge is 0.0616 e. The van der Waals surface area contributed by atoms with Crippen molar-refractivity contribution in [3.8, 4) is 55.6 Å². The fourth-order valence-electron chi connectivity index (χ4n) is 13.0. The molecular weight excluding hydrogens is 769 g/mol. The zero-order chi connectivity index (χ0) is 42.3. The predicted octanol–water partition coefficient (Wildman–Crippen LogP) is 18.7. The summed E-state index contributed by atoms with van der Waals surface area (Å²) in [5.74, 6) is 0.628. The van der Waals surface area contributed by atoms with Gasteiger partial charge in [-0.2, -0.15) is 0 Å². The van der Waals surface area contributed by atoms with Crippen LogP contribution in [0.25, 0.3) is 153 Å². The maximum Gasteiger partial charge on any atom is -0.00135 e. The Morgan fingerprint density at radius 3 is 1.48 bits per heavy atom. The number of benzene rings is 13. The minimum atomic E-state index is 0.314. The maximum absolute atomic E-state index is 2.61. The summed E-state index contributed by atoms with van der Waals surface area (Å²) in [6.45, 7) is 9.66. The van der Waals surface area contributed by atoms with Gasteiger partial charge in [0.25, 0.3) is 0 Å². The van der Waals surface area contributed by atoms with E-state index in [0.717, 1.165) is 0 Å². The van der Waals surface area contributed by atoms with E-state index < -0.39 is 0 Å². The Bertz CT molecular complexity index is 4260. The van der Waals surface area contributed by atoms with Gasteiger partial charge in [0.2, 0.25) is 0 Å². The van der Waals surface area contributed by atoms with E-state index >= 15 is 0 Å². The summed E-state index contributed by atoms with van der Waals surface area (Å²) >= 11 is 0. The van der Waals surface area contributed by atoms with E-state index in [2.05, 4.69) is 198 Å². The van der Waals surface area contributed by atoms with Gasteiger partial charge in [0.05, 0.1) is 0 Å². The van der Waals surface area contributed by atoms with Crippen molar-refractivity contribution < 1.29 is 0 Å². The van der Waals surface area contributed by atoms with Crippen molar-refractivity contribution in [3.63, 3.8) is 0 Å². The molecule has 13 aromatic carbocycles. The van der Waals surface area contributed by atoms with Crippen LogP contribution in [0, 0.1) is 0 Å². The van der Waals surface area contributed by atoms with Crippen LogP contribution >= 0.6 is 0 Å². The van der Waals surface area contributed by atoms with Crippen molar-refractivity contribution in [3.05, 3.63) is 181 Å². The molecule has 298 valence electrons. The highest BCUT2D eigenvalue weighted by Crippen LogP contribution is 2.59. The summed E-state index contributed by atoms with van der Waals surface area (Å²) in [6, 6.07) is 65.7. The zero-order valence-electron chi connectivity index (χ0n) is 36.3. The third-order valence-corrected chi connectivity index (χ3v) is 15.5. The highest BCUT2D eigenvalue weighted by molar-refractivity contribution is 6.35. The second-order valence-electron chi connectivity index (χ2n) is 19.4. The van der Waals surface area contributed by atoms with Gasteiger partial charge in [-0.15, -0.1) is 0 Å². The standard InChI is InChI=1S/C64H42/c1-33(2)57-54-31-52-44-23-22-39(41-25-26-47-43-16-8-7-15-42(43)46-18-10-17-45(41)61(46)47)29-49(44)50-27-37-11-5-6-12-38(37)28-51(50)53(52)32-55(54)58(34(3)4)64-56-30-40-14-9-13-35-19-20-36-21-24-48(63(57)64)62(56)60(36)59(35)40/h5-34H,1-4H3. The molecule has 2 aliphatic carbocycles. The van der Waals surface area contributed by atoms with Crippen LogP contribution in [-0.2, 0) is 0 Å². The molecular formula is C64H42. The van der Waals surface area contributed by atoms with Gasteiger partial charge in [-0.1, -0.05) is 161 Å². The topological polar surface area (TPSA) is 0 Å². The van der Waals surface area contributed by atoms with Crippen LogP contribution in [-0.4, -0.2) is 0 Å². The van der Waals surface area contributed by atoms with E-state index in [1.807, 2.05) is 0 Å². The molecule has 0 spiro atoms. The van der Waals surface area contributed by atoms with Crippen molar-refractivity contribution in [2.75, 3.05) is 0 Å². The van der Waals surface area contributed by atoms with Gasteiger partial charge < -0.3 is 0 Å². The van der Waals surface area contributed by atoms with E-state index in [1.54, 1.807) is 0 Å².